The standard InChI is InChI=1S/C10H21O2S/c1-4-5-6-7-8-13(11,12)9-10(2)3/h10H,1,4-9H2,2-3H3. The third kappa shape index (κ3) is 8.28. The van der Waals surface area contributed by atoms with E-state index in [1.807, 2.05) is 13.8 Å². The van der Waals surface area contributed by atoms with Gasteiger partial charge < -0.3 is 0 Å². The second-order valence-electron chi connectivity index (χ2n) is 3.92. The summed E-state index contributed by atoms with van der Waals surface area (Å²) in [6.07, 6.45) is 3.73. The van der Waals surface area contributed by atoms with Gasteiger partial charge in [0.2, 0.25) is 0 Å². The number of rotatable bonds is 7. The van der Waals surface area contributed by atoms with E-state index in [-0.39, 0.29) is 5.92 Å². The molecule has 0 aromatic carbocycles. The molecule has 0 amide bonds. The average Bonchev–Trinajstić information content (AvgIpc) is 1.95. The highest BCUT2D eigenvalue weighted by molar-refractivity contribution is 7.91. The molecule has 0 aliphatic carbocycles. The maximum atomic E-state index is 11.4. The minimum absolute atomic E-state index is 0.248. The van der Waals surface area contributed by atoms with Crippen LogP contribution in [0.1, 0.15) is 39.5 Å². The Morgan fingerprint density at radius 2 is 1.77 bits per heavy atom. The first kappa shape index (κ1) is 12.9. The van der Waals surface area contributed by atoms with Crippen molar-refractivity contribution < 1.29 is 8.42 Å². The summed E-state index contributed by atoms with van der Waals surface area (Å²) in [5, 5.41) is 0. The number of sulfone groups is 1. The van der Waals surface area contributed by atoms with Crippen LogP contribution >= 0.6 is 0 Å². The minimum Gasteiger partial charge on any atom is -0.229 e. The van der Waals surface area contributed by atoms with Gasteiger partial charge in [-0.15, -0.1) is 0 Å². The second-order valence-corrected chi connectivity index (χ2v) is 6.15. The van der Waals surface area contributed by atoms with Crippen LogP contribution < -0.4 is 0 Å². The van der Waals surface area contributed by atoms with E-state index in [0.29, 0.717) is 11.5 Å². The molecule has 0 bridgehead atoms. The normalized spacial score (nSPS) is 12.3. The van der Waals surface area contributed by atoms with Gasteiger partial charge in [-0.1, -0.05) is 40.0 Å². The molecule has 0 spiro atoms. The van der Waals surface area contributed by atoms with Gasteiger partial charge in [0.25, 0.3) is 0 Å². The van der Waals surface area contributed by atoms with Crippen LogP contribution in [-0.2, 0) is 9.84 Å². The summed E-state index contributed by atoms with van der Waals surface area (Å²) in [5.41, 5.74) is 0. The largest absolute Gasteiger partial charge is 0.229 e. The van der Waals surface area contributed by atoms with Gasteiger partial charge in [0, 0.05) is 0 Å². The molecule has 0 rings (SSSR count). The van der Waals surface area contributed by atoms with Crippen LogP contribution in [0.25, 0.3) is 0 Å². The van der Waals surface area contributed by atoms with E-state index in [4.69, 9.17) is 0 Å². The van der Waals surface area contributed by atoms with Crippen LogP contribution in [0.3, 0.4) is 0 Å². The summed E-state index contributed by atoms with van der Waals surface area (Å²) in [6.45, 7) is 7.59. The van der Waals surface area contributed by atoms with Gasteiger partial charge in [-0.3, -0.25) is 0 Å². The van der Waals surface area contributed by atoms with Crippen molar-refractivity contribution in [3.05, 3.63) is 6.92 Å². The Kier molecular flexibility index (Phi) is 6.39. The average molecular weight is 205 g/mol. The molecular formula is C10H21O2S. The number of hydrogen-bond acceptors (Lipinski definition) is 2. The molecule has 0 heterocycles. The quantitative estimate of drug-likeness (QED) is 0.598. The van der Waals surface area contributed by atoms with Crippen molar-refractivity contribution in [3.63, 3.8) is 0 Å². The van der Waals surface area contributed by atoms with Crippen molar-refractivity contribution in [1.82, 2.24) is 0 Å². The predicted octanol–water partition coefficient (Wildman–Crippen LogP) is 2.45. The van der Waals surface area contributed by atoms with E-state index >= 15 is 0 Å². The molecule has 1 radical (unpaired) electrons. The summed E-state index contributed by atoms with van der Waals surface area (Å²) in [4.78, 5) is 0. The van der Waals surface area contributed by atoms with Crippen molar-refractivity contribution in [2.45, 2.75) is 39.5 Å². The molecule has 79 valence electrons. The van der Waals surface area contributed by atoms with E-state index in [1.165, 1.54) is 0 Å². The van der Waals surface area contributed by atoms with Crippen LogP contribution in [0.5, 0.6) is 0 Å². The first-order valence-corrected chi connectivity index (χ1v) is 6.79. The number of unbranched alkanes of at least 4 members (excludes halogenated alkanes) is 3. The molecule has 0 aliphatic heterocycles. The Bertz CT molecular complexity index is 205. The van der Waals surface area contributed by atoms with E-state index in [2.05, 4.69) is 6.92 Å². The topological polar surface area (TPSA) is 34.1 Å². The third-order valence-corrected chi connectivity index (χ3v) is 3.88. The van der Waals surface area contributed by atoms with Gasteiger partial charge in [-0.25, -0.2) is 8.42 Å². The third-order valence-electron chi connectivity index (χ3n) is 1.79. The van der Waals surface area contributed by atoms with Gasteiger partial charge in [0.05, 0.1) is 11.5 Å². The van der Waals surface area contributed by atoms with Crippen molar-refractivity contribution in [3.8, 4) is 0 Å². The predicted molar refractivity (Wildman–Crippen MR) is 57.3 cm³/mol. The molecule has 0 atom stereocenters. The second kappa shape index (κ2) is 6.41. The summed E-state index contributed by atoms with van der Waals surface area (Å²) in [5.74, 6) is 0.931. The molecule has 2 nitrogen and oxygen atoms in total. The van der Waals surface area contributed by atoms with Crippen molar-refractivity contribution >= 4 is 9.84 Å². The van der Waals surface area contributed by atoms with Crippen LogP contribution in [0, 0.1) is 12.8 Å². The molecule has 0 N–H and O–H groups in total. The van der Waals surface area contributed by atoms with Crippen LogP contribution in [0.4, 0.5) is 0 Å². The van der Waals surface area contributed by atoms with Gasteiger partial charge in [0.1, 0.15) is 0 Å². The van der Waals surface area contributed by atoms with Crippen LogP contribution in [0.2, 0.25) is 0 Å². The molecule has 3 heteroatoms. The summed E-state index contributed by atoms with van der Waals surface area (Å²) >= 11 is 0. The van der Waals surface area contributed by atoms with Crippen molar-refractivity contribution in [2.24, 2.45) is 5.92 Å². The van der Waals surface area contributed by atoms with E-state index in [9.17, 15) is 8.42 Å². The Morgan fingerprint density at radius 3 is 2.23 bits per heavy atom. The van der Waals surface area contributed by atoms with Crippen LogP contribution in [0.15, 0.2) is 0 Å². The lowest BCUT2D eigenvalue weighted by molar-refractivity contribution is 0.577. The molecule has 0 unspecified atom stereocenters. The molecule has 0 fully saturated rings. The molecule has 0 aliphatic rings. The zero-order valence-corrected chi connectivity index (χ0v) is 9.57. The van der Waals surface area contributed by atoms with E-state index < -0.39 is 9.84 Å². The minimum atomic E-state index is -2.78. The Morgan fingerprint density at radius 1 is 1.15 bits per heavy atom. The van der Waals surface area contributed by atoms with E-state index in [1.54, 1.807) is 0 Å². The lowest BCUT2D eigenvalue weighted by atomic mass is 10.2. The zero-order chi connectivity index (χ0) is 10.3. The first-order chi connectivity index (χ1) is 5.98. The maximum absolute atomic E-state index is 11.4. The molecular weight excluding hydrogens is 184 g/mol. The number of hydrogen-bond donors (Lipinski definition) is 0. The summed E-state index contributed by atoms with van der Waals surface area (Å²) in [7, 11) is -2.78. The Labute approximate surface area is 82.6 Å². The van der Waals surface area contributed by atoms with Gasteiger partial charge in [-0.2, -0.15) is 0 Å². The highest BCUT2D eigenvalue weighted by Crippen LogP contribution is 2.06. The van der Waals surface area contributed by atoms with Gasteiger partial charge >= 0.3 is 0 Å². The van der Waals surface area contributed by atoms with Crippen molar-refractivity contribution in [1.29, 1.82) is 0 Å². The zero-order valence-electron chi connectivity index (χ0n) is 8.75. The fourth-order valence-corrected chi connectivity index (χ4v) is 3.09. The van der Waals surface area contributed by atoms with Gasteiger partial charge in [0.15, 0.2) is 9.84 Å². The molecule has 0 aromatic rings. The summed E-state index contributed by atoms with van der Waals surface area (Å²) < 4.78 is 22.8. The Hall–Kier alpha value is -0.0500. The highest BCUT2D eigenvalue weighted by Gasteiger charge is 2.11. The molecule has 13 heavy (non-hydrogen) atoms. The lowest BCUT2D eigenvalue weighted by Crippen LogP contribution is -2.15. The first-order valence-electron chi connectivity index (χ1n) is 4.97. The smallest absolute Gasteiger partial charge is 0.150 e. The monoisotopic (exact) mass is 205 g/mol. The summed E-state index contributed by atoms with van der Waals surface area (Å²) in [6, 6.07) is 0. The highest BCUT2D eigenvalue weighted by atomic mass is 32.2. The van der Waals surface area contributed by atoms with Gasteiger partial charge in [-0.05, 0) is 12.3 Å². The van der Waals surface area contributed by atoms with Crippen LogP contribution in [-0.4, -0.2) is 19.9 Å². The lowest BCUT2D eigenvalue weighted by Gasteiger charge is -2.06. The fourth-order valence-electron chi connectivity index (χ4n) is 1.27. The molecule has 0 saturated heterocycles. The SMILES string of the molecule is [CH2]CCCCCS(=O)(=O)CC(C)C. The van der Waals surface area contributed by atoms with Crippen molar-refractivity contribution in [2.75, 3.05) is 11.5 Å². The fraction of sp³-hybridized carbons (Fsp3) is 0.900. The molecule has 0 aromatic heterocycles. The maximum Gasteiger partial charge on any atom is 0.150 e. The molecule has 0 saturated carbocycles. The van der Waals surface area contributed by atoms with E-state index in [0.717, 1.165) is 25.7 Å². The Balaban J connectivity index is 3.64.